The van der Waals surface area contributed by atoms with Gasteiger partial charge in [0, 0.05) is 12.2 Å². The molecular weight excluding hydrogens is 360 g/mol. The summed E-state index contributed by atoms with van der Waals surface area (Å²) in [6, 6.07) is 14.7. The number of carbonyl (C=O) groups excluding carboxylic acids is 2. The highest BCUT2D eigenvalue weighted by atomic mass is 16.5. The molecule has 1 fully saturated rings. The van der Waals surface area contributed by atoms with Crippen LogP contribution in [0.25, 0.3) is 0 Å². The molecule has 2 aromatic carbocycles. The number of ether oxygens (including phenoxy) is 3. The van der Waals surface area contributed by atoms with Crippen molar-refractivity contribution in [1.29, 1.82) is 0 Å². The number of morpholine rings is 1. The van der Waals surface area contributed by atoms with Crippen LogP contribution >= 0.6 is 0 Å². The fourth-order valence-corrected chi connectivity index (χ4v) is 2.98. The molecule has 2 aromatic rings. The van der Waals surface area contributed by atoms with Gasteiger partial charge in [-0.2, -0.15) is 0 Å². The highest BCUT2D eigenvalue weighted by molar-refractivity contribution is 5.95. The molecule has 7 heteroatoms. The van der Waals surface area contributed by atoms with Gasteiger partial charge >= 0.3 is 0 Å². The lowest BCUT2D eigenvalue weighted by Gasteiger charge is -2.33. The topological polar surface area (TPSA) is 77.1 Å². The van der Waals surface area contributed by atoms with Crippen LogP contribution in [0.15, 0.2) is 48.5 Å². The third-order valence-corrected chi connectivity index (χ3v) is 4.56. The zero-order valence-corrected chi connectivity index (χ0v) is 16.0. The average molecular weight is 384 g/mol. The second-order valence-corrected chi connectivity index (χ2v) is 6.46. The fourth-order valence-electron chi connectivity index (χ4n) is 2.98. The Balaban J connectivity index is 1.52. The minimum Gasteiger partial charge on any atom is -0.497 e. The van der Waals surface area contributed by atoms with E-state index in [1.54, 1.807) is 19.1 Å². The molecule has 1 aliphatic heterocycles. The van der Waals surface area contributed by atoms with E-state index in [0.29, 0.717) is 13.1 Å². The second-order valence-electron chi connectivity index (χ2n) is 6.46. The van der Waals surface area contributed by atoms with Crippen LogP contribution in [0.5, 0.6) is 11.5 Å². The first-order valence-electron chi connectivity index (χ1n) is 9.04. The van der Waals surface area contributed by atoms with Gasteiger partial charge in [0.05, 0.1) is 33.3 Å². The van der Waals surface area contributed by atoms with Crippen molar-refractivity contribution >= 4 is 17.5 Å². The zero-order chi connectivity index (χ0) is 19.9. The van der Waals surface area contributed by atoms with E-state index >= 15 is 0 Å². The van der Waals surface area contributed by atoms with Crippen molar-refractivity contribution in [3.8, 4) is 11.5 Å². The molecular formula is C21H24N2O5. The smallest absolute Gasteiger partial charge is 0.253 e. The molecule has 1 heterocycles. The summed E-state index contributed by atoms with van der Waals surface area (Å²) in [5.74, 6) is 1.28. The molecule has 1 saturated heterocycles. The Hall–Kier alpha value is -3.06. The Bertz CT molecular complexity index is 805. The number of hydrogen-bond donors (Lipinski definition) is 1. The van der Waals surface area contributed by atoms with Gasteiger partial charge in [-0.25, -0.2) is 0 Å². The molecule has 1 unspecified atom stereocenters. The molecule has 0 radical (unpaired) electrons. The number of carbonyl (C=O) groups is 2. The average Bonchev–Trinajstić information content (AvgIpc) is 2.74. The van der Waals surface area contributed by atoms with Crippen LogP contribution in [0, 0.1) is 0 Å². The number of nitrogens with one attached hydrogen (secondary N) is 1. The molecule has 0 aliphatic carbocycles. The van der Waals surface area contributed by atoms with Crippen LogP contribution < -0.4 is 19.7 Å². The van der Waals surface area contributed by atoms with E-state index in [1.807, 2.05) is 48.5 Å². The third kappa shape index (κ3) is 5.01. The molecule has 2 amide bonds. The first-order chi connectivity index (χ1) is 13.6. The number of amides is 2. The predicted molar refractivity (Wildman–Crippen MR) is 105 cm³/mol. The first kappa shape index (κ1) is 19.7. The number of benzene rings is 2. The van der Waals surface area contributed by atoms with E-state index < -0.39 is 0 Å². The number of hydrogen-bond acceptors (Lipinski definition) is 5. The van der Waals surface area contributed by atoms with E-state index in [1.165, 1.54) is 0 Å². The van der Waals surface area contributed by atoms with E-state index in [0.717, 1.165) is 22.7 Å². The summed E-state index contributed by atoms with van der Waals surface area (Å²) < 4.78 is 15.8. The lowest BCUT2D eigenvalue weighted by atomic mass is 10.1. The monoisotopic (exact) mass is 384 g/mol. The van der Waals surface area contributed by atoms with Gasteiger partial charge in [-0.1, -0.05) is 12.1 Å². The van der Waals surface area contributed by atoms with Crippen molar-refractivity contribution in [3.63, 3.8) is 0 Å². The van der Waals surface area contributed by atoms with Gasteiger partial charge < -0.3 is 24.4 Å². The first-order valence-corrected chi connectivity index (χ1v) is 9.04. The van der Waals surface area contributed by atoms with Gasteiger partial charge in [0.25, 0.3) is 5.91 Å². The Kier molecular flexibility index (Phi) is 6.49. The molecule has 0 aromatic heterocycles. The fraction of sp³-hybridized carbons (Fsp3) is 0.333. The summed E-state index contributed by atoms with van der Waals surface area (Å²) in [4.78, 5) is 26.1. The lowest BCUT2D eigenvalue weighted by molar-refractivity contribution is -0.129. The van der Waals surface area contributed by atoms with Crippen LogP contribution in [0.1, 0.15) is 5.56 Å². The molecule has 7 nitrogen and oxygen atoms in total. The number of methoxy groups -OCH3 is 2. The molecule has 0 spiro atoms. The molecule has 0 bridgehead atoms. The van der Waals surface area contributed by atoms with Crippen molar-refractivity contribution in [2.75, 3.05) is 38.8 Å². The van der Waals surface area contributed by atoms with Gasteiger partial charge in [0.15, 0.2) is 0 Å². The van der Waals surface area contributed by atoms with E-state index in [4.69, 9.17) is 14.2 Å². The van der Waals surface area contributed by atoms with Crippen LogP contribution in [-0.4, -0.2) is 51.8 Å². The Morgan fingerprint density at radius 3 is 2.29 bits per heavy atom. The molecule has 1 N–H and O–H groups in total. The van der Waals surface area contributed by atoms with Gasteiger partial charge in [-0.05, 0) is 42.0 Å². The quantitative estimate of drug-likeness (QED) is 0.788. The lowest BCUT2D eigenvalue weighted by Crippen LogP contribution is -2.50. The summed E-state index contributed by atoms with van der Waals surface area (Å²) in [6.07, 6.45) is 0.0114. The Morgan fingerprint density at radius 1 is 1.07 bits per heavy atom. The molecule has 1 aliphatic rings. The maximum absolute atomic E-state index is 12.2. The molecule has 1 atom stereocenters. The predicted octanol–water partition coefficient (Wildman–Crippen LogP) is 1.79. The van der Waals surface area contributed by atoms with Crippen LogP contribution in [0.2, 0.25) is 0 Å². The summed E-state index contributed by atoms with van der Waals surface area (Å²) >= 11 is 0. The molecule has 148 valence electrons. The van der Waals surface area contributed by atoms with Gasteiger partial charge in [-0.15, -0.1) is 0 Å². The van der Waals surface area contributed by atoms with Crippen molar-refractivity contribution in [1.82, 2.24) is 5.32 Å². The largest absolute Gasteiger partial charge is 0.497 e. The third-order valence-electron chi connectivity index (χ3n) is 4.56. The standard InChI is InChI=1S/C21H24N2O5/c1-26-17-7-3-15(4-8-17)11-20(24)22-12-19-13-23(21(25)14-28-19)16-5-9-18(27-2)10-6-16/h3-10,19H,11-14H2,1-2H3,(H,22,24). The Labute approximate surface area is 164 Å². The van der Waals surface area contributed by atoms with E-state index in [-0.39, 0.29) is 30.9 Å². The number of anilines is 1. The number of nitrogens with zero attached hydrogens (tertiary/aromatic N) is 1. The summed E-state index contributed by atoms with van der Waals surface area (Å²) in [5, 5.41) is 2.88. The SMILES string of the molecule is COc1ccc(CC(=O)NCC2CN(c3ccc(OC)cc3)C(=O)CO2)cc1. The number of rotatable bonds is 7. The summed E-state index contributed by atoms with van der Waals surface area (Å²) in [6.45, 7) is 0.716. The molecule has 3 rings (SSSR count). The maximum atomic E-state index is 12.2. The van der Waals surface area contributed by atoms with Crippen molar-refractivity contribution in [3.05, 3.63) is 54.1 Å². The van der Waals surface area contributed by atoms with Crippen molar-refractivity contribution in [2.45, 2.75) is 12.5 Å². The summed E-state index contributed by atoms with van der Waals surface area (Å²) in [5.41, 5.74) is 1.68. The van der Waals surface area contributed by atoms with Crippen LogP contribution in [0.3, 0.4) is 0 Å². The van der Waals surface area contributed by atoms with Crippen LogP contribution in [0.4, 0.5) is 5.69 Å². The van der Waals surface area contributed by atoms with Crippen molar-refractivity contribution in [2.24, 2.45) is 0 Å². The van der Waals surface area contributed by atoms with E-state index in [9.17, 15) is 9.59 Å². The minimum atomic E-state index is -0.264. The normalized spacial score (nSPS) is 16.6. The van der Waals surface area contributed by atoms with Gasteiger partial charge in [-0.3, -0.25) is 9.59 Å². The van der Waals surface area contributed by atoms with Gasteiger partial charge in [0.2, 0.25) is 5.91 Å². The van der Waals surface area contributed by atoms with Crippen molar-refractivity contribution < 1.29 is 23.8 Å². The molecule has 0 saturated carbocycles. The minimum absolute atomic E-state index is 0.00888. The highest BCUT2D eigenvalue weighted by Gasteiger charge is 2.27. The Morgan fingerprint density at radius 2 is 1.68 bits per heavy atom. The van der Waals surface area contributed by atoms with Gasteiger partial charge in [0.1, 0.15) is 18.1 Å². The highest BCUT2D eigenvalue weighted by Crippen LogP contribution is 2.22. The second kappa shape index (κ2) is 9.23. The maximum Gasteiger partial charge on any atom is 0.253 e. The zero-order valence-electron chi connectivity index (χ0n) is 16.0. The summed E-state index contributed by atoms with van der Waals surface area (Å²) in [7, 11) is 3.20. The van der Waals surface area contributed by atoms with E-state index in [2.05, 4.69) is 5.32 Å². The van der Waals surface area contributed by atoms with Crippen LogP contribution in [-0.2, 0) is 20.7 Å². The molecule has 28 heavy (non-hydrogen) atoms.